The van der Waals surface area contributed by atoms with Gasteiger partial charge in [-0.25, -0.2) is 13.1 Å². The van der Waals surface area contributed by atoms with E-state index >= 15 is 0 Å². The molecule has 0 unspecified atom stereocenters. The molecule has 152 valence electrons. The summed E-state index contributed by atoms with van der Waals surface area (Å²) in [6.45, 7) is 5.46. The van der Waals surface area contributed by atoms with Crippen LogP contribution in [0.4, 0.5) is 0 Å². The van der Waals surface area contributed by atoms with Crippen LogP contribution in [0.3, 0.4) is 0 Å². The summed E-state index contributed by atoms with van der Waals surface area (Å²) in [6, 6.07) is 13.9. The maximum Gasteiger partial charge on any atom is 0.240 e. The van der Waals surface area contributed by atoms with Gasteiger partial charge in [0.1, 0.15) is 5.75 Å². The van der Waals surface area contributed by atoms with Gasteiger partial charge in [0, 0.05) is 18.0 Å². The van der Waals surface area contributed by atoms with Crippen molar-refractivity contribution in [2.45, 2.75) is 50.6 Å². The Kier molecular flexibility index (Phi) is 7.60. The molecule has 7 heteroatoms. The van der Waals surface area contributed by atoms with Gasteiger partial charge in [-0.2, -0.15) is 0 Å². The third-order valence-electron chi connectivity index (χ3n) is 4.25. The maximum atomic E-state index is 12.3. The molecule has 0 radical (unpaired) electrons. The molecule has 2 aromatic carbocycles. The molecule has 0 bridgehead atoms. The third kappa shape index (κ3) is 6.07. The predicted octanol–water partition coefficient (Wildman–Crippen LogP) is 3.19. The number of amides is 1. The van der Waals surface area contributed by atoms with Gasteiger partial charge in [-0.15, -0.1) is 0 Å². The first-order chi connectivity index (χ1) is 13.2. The van der Waals surface area contributed by atoms with Crippen molar-refractivity contribution in [1.29, 1.82) is 0 Å². The summed E-state index contributed by atoms with van der Waals surface area (Å²) in [5, 5.41) is 2.97. The van der Waals surface area contributed by atoms with Crippen molar-refractivity contribution < 1.29 is 17.9 Å². The quantitative estimate of drug-likeness (QED) is 0.672. The highest BCUT2D eigenvalue weighted by atomic mass is 32.2. The SMILES string of the molecule is COc1ccccc1[C@H](C)NC(=O)CCc1ccc(S(=O)(=O)NC(C)C)cc1. The lowest BCUT2D eigenvalue weighted by Crippen LogP contribution is -2.30. The number of nitrogens with one attached hydrogen (secondary N) is 2. The first kappa shape index (κ1) is 21.9. The smallest absolute Gasteiger partial charge is 0.240 e. The highest BCUT2D eigenvalue weighted by Gasteiger charge is 2.16. The van der Waals surface area contributed by atoms with Gasteiger partial charge in [0.2, 0.25) is 15.9 Å². The Bertz CT molecular complexity index is 893. The number of para-hydroxylation sites is 1. The number of ether oxygens (including phenoxy) is 1. The number of methoxy groups -OCH3 is 1. The van der Waals surface area contributed by atoms with Crippen LogP contribution in [0.1, 0.15) is 44.4 Å². The van der Waals surface area contributed by atoms with Crippen LogP contribution in [-0.4, -0.2) is 27.5 Å². The second-order valence-electron chi connectivity index (χ2n) is 6.95. The van der Waals surface area contributed by atoms with E-state index in [0.717, 1.165) is 16.9 Å². The predicted molar refractivity (Wildman–Crippen MR) is 110 cm³/mol. The van der Waals surface area contributed by atoms with Crippen LogP contribution in [0, 0.1) is 0 Å². The average molecular weight is 405 g/mol. The summed E-state index contributed by atoms with van der Waals surface area (Å²) in [5.74, 6) is 0.665. The van der Waals surface area contributed by atoms with E-state index in [1.165, 1.54) is 0 Å². The number of aryl methyl sites for hydroxylation is 1. The Morgan fingerprint density at radius 3 is 2.29 bits per heavy atom. The molecule has 0 saturated heterocycles. The fourth-order valence-electron chi connectivity index (χ4n) is 2.89. The van der Waals surface area contributed by atoms with E-state index in [1.807, 2.05) is 31.2 Å². The molecule has 0 heterocycles. The van der Waals surface area contributed by atoms with Crippen LogP contribution in [0.15, 0.2) is 53.4 Å². The summed E-state index contributed by atoms with van der Waals surface area (Å²) in [4.78, 5) is 12.5. The number of sulfonamides is 1. The van der Waals surface area contributed by atoms with Gasteiger partial charge in [-0.1, -0.05) is 30.3 Å². The zero-order chi connectivity index (χ0) is 20.7. The fraction of sp³-hybridized carbons (Fsp3) is 0.381. The summed E-state index contributed by atoms with van der Waals surface area (Å²) in [5.41, 5.74) is 1.83. The molecular formula is C21H28N2O4S. The maximum absolute atomic E-state index is 12.3. The Hall–Kier alpha value is -2.38. The van der Waals surface area contributed by atoms with Crippen LogP contribution < -0.4 is 14.8 Å². The van der Waals surface area contributed by atoms with Crippen molar-refractivity contribution in [3.05, 3.63) is 59.7 Å². The number of rotatable bonds is 9. The van der Waals surface area contributed by atoms with Gasteiger partial charge in [-0.3, -0.25) is 4.79 Å². The molecule has 0 aliphatic carbocycles. The molecule has 1 atom stereocenters. The minimum Gasteiger partial charge on any atom is -0.496 e. The molecule has 2 rings (SSSR count). The number of benzene rings is 2. The Labute approximate surface area is 167 Å². The topological polar surface area (TPSA) is 84.5 Å². The molecule has 2 aromatic rings. The van der Waals surface area contributed by atoms with Gasteiger partial charge in [0.15, 0.2) is 0 Å². The van der Waals surface area contributed by atoms with E-state index in [0.29, 0.717) is 12.8 Å². The summed E-state index contributed by atoms with van der Waals surface area (Å²) in [6.07, 6.45) is 0.845. The van der Waals surface area contributed by atoms with Gasteiger partial charge in [-0.05, 0) is 51.0 Å². The summed E-state index contributed by atoms with van der Waals surface area (Å²) in [7, 11) is -1.90. The lowest BCUT2D eigenvalue weighted by molar-refractivity contribution is -0.121. The average Bonchev–Trinajstić information content (AvgIpc) is 2.65. The lowest BCUT2D eigenvalue weighted by Gasteiger charge is -2.17. The molecule has 1 amide bonds. The third-order valence-corrected chi connectivity index (χ3v) is 5.92. The molecule has 0 spiro atoms. The summed E-state index contributed by atoms with van der Waals surface area (Å²) < 4.78 is 32.2. The van der Waals surface area contributed by atoms with E-state index in [-0.39, 0.29) is 22.9 Å². The molecule has 0 aliphatic heterocycles. The fourth-order valence-corrected chi connectivity index (χ4v) is 4.14. The van der Waals surface area contributed by atoms with Crippen LogP contribution in [0.2, 0.25) is 0 Å². The van der Waals surface area contributed by atoms with E-state index in [9.17, 15) is 13.2 Å². The number of carbonyl (C=O) groups excluding carboxylic acids is 1. The van der Waals surface area contributed by atoms with Crippen LogP contribution in [0.5, 0.6) is 5.75 Å². The molecule has 0 aromatic heterocycles. The molecule has 2 N–H and O–H groups in total. The lowest BCUT2D eigenvalue weighted by atomic mass is 10.1. The molecule has 0 aliphatic rings. The minimum atomic E-state index is -3.50. The van der Waals surface area contributed by atoms with E-state index in [4.69, 9.17) is 4.74 Å². The minimum absolute atomic E-state index is 0.0726. The van der Waals surface area contributed by atoms with Gasteiger partial charge >= 0.3 is 0 Å². The van der Waals surface area contributed by atoms with E-state index in [2.05, 4.69) is 10.0 Å². The van der Waals surface area contributed by atoms with Crippen LogP contribution in [-0.2, 0) is 21.2 Å². The molecular weight excluding hydrogens is 376 g/mol. The molecule has 6 nitrogen and oxygen atoms in total. The molecule has 0 saturated carbocycles. The summed E-state index contributed by atoms with van der Waals surface area (Å²) >= 11 is 0. The van der Waals surface area contributed by atoms with Crippen molar-refractivity contribution >= 4 is 15.9 Å². The van der Waals surface area contributed by atoms with Gasteiger partial charge < -0.3 is 10.1 Å². The van der Waals surface area contributed by atoms with Crippen molar-refractivity contribution in [2.24, 2.45) is 0 Å². The normalized spacial score (nSPS) is 12.6. The number of hydrogen-bond acceptors (Lipinski definition) is 4. The van der Waals surface area contributed by atoms with Crippen molar-refractivity contribution in [2.75, 3.05) is 7.11 Å². The molecule has 0 fully saturated rings. The van der Waals surface area contributed by atoms with Crippen LogP contribution in [0.25, 0.3) is 0 Å². The number of carbonyl (C=O) groups is 1. The Balaban J connectivity index is 1.92. The second kappa shape index (κ2) is 9.71. The second-order valence-corrected chi connectivity index (χ2v) is 8.67. The zero-order valence-electron chi connectivity index (χ0n) is 16.7. The Morgan fingerprint density at radius 1 is 1.04 bits per heavy atom. The Morgan fingerprint density at radius 2 is 1.68 bits per heavy atom. The van der Waals surface area contributed by atoms with Crippen molar-refractivity contribution in [3.8, 4) is 5.75 Å². The standard InChI is InChI=1S/C21H28N2O4S/c1-15(2)23-28(25,26)18-12-9-17(10-13-18)11-14-21(24)22-16(3)19-7-5-6-8-20(19)27-4/h5-10,12-13,15-16,23H,11,14H2,1-4H3,(H,22,24)/t16-/m0/s1. The number of hydrogen-bond donors (Lipinski definition) is 2. The first-order valence-corrected chi connectivity index (χ1v) is 10.7. The van der Waals surface area contributed by atoms with E-state index in [1.54, 1.807) is 45.2 Å². The van der Waals surface area contributed by atoms with Crippen molar-refractivity contribution in [3.63, 3.8) is 0 Å². The van der Waals surface area contributed by atoms with Crippen molar-refractivity contribution in [1.82, 2.24) is 10.0 Å². The largest absolute Gasteiger partial charge is 0.496 e. The first-order valence-electron chi connectivity index (χ1n) is 9.26. The van der Waals surface area contributed by atoms with Crippen LogP contribution >= 0.6 is 0 Å². The van der Waals surface area contributed by atoms with Gasteiger partial charge in [0.25, 0.3) is 0 Å². The van der Waals surface area contributed by atoms with E-state index < -0.39 is 10.0 Å². The highest BCUT2D eigenvalue weighted by Crippen LogP contribution is 2.24. The highest BCUT2D eigenvalue weighted by molar-refractivity contribution is 7.89. The molecule has 28 heavy (non-hydrogen) atoms. The van der Waals surface area contributed by atoms with Gasteiger partial charge in [0.05, 0.1) is 18.0 Å². The zero-order valence-corrected chi connectivity index (χ0v) is 17.5. The monoisotopic (exact) mass is 404 g/mol.